The maximum Gasteiger partial charge on any atom is 0.416 e. The molecule has 30 heavy (non-hydrogen) atoms. The van der Waals surface area contributed by atoms with Crippen molar-refractivity contribution in [3.8, 4) is 0 Å². The van der Waals surface area contributed by atoms with E-state index in [1.165, 1.54) is 23.1 Å². The molecule has 2 heterocycles. The zero-order valence-corrected chi connectivity index (χ0v) is 16.2. The Hall–Kier alpha value is -3.42. The Morgan fingerprint density at radius 2 is 1.60 bits per heavy atom. The molecule has 154 valence electrons. The van der Waals surface area contributed by atoms with Crippen LogP contribution in [0.15, 0.2) is 54.9 Å². The molecule has 0 fully saturated rings. The number of pyridine rings is 1. The Balaban J connectivity index is 1.92. The maximum atomic E-state index is 13.6. The van der Waals surface area contributed by atoms with Gasteiger partial charge in [0.05, 0.1) is 22.5 Å². The molecular formula is C22H18F4N3O+. The third-order valence-electron chi connectivity index (χ3n) is 5.15. The van der Waals surface area contributed by atoms with E-state index in [0.29, 0.717) is 22.6 Å². The second kappa shape index (κ2) is 7.12. The number of aryl methyl sites for hydroxylation is 2. The molecular weight excluding hydrogens is 398 g/mol. The van der Waals surface area contributed by atoms with Crippen molar-refractivity contribution in [3.63, 3.8) is 0 Å². The maximum absolute atomic E-state index is 13.6. The number of hydrogen-bond acceptors (Lipinski definition) is 2. The third-order valence-corrected chi connectivity index (χ3v) is 5.15. The molecule has 1 aliphatic heterocycles. The molecule has 8 heteroatoms. The molecule has 1 aliphatic rings. The van der Waals surface area contributed by atoms with Crippen molar-refractivity contribution >= 4 is 23.0 Å². The number of carbonyl (C=O) groups excluding carboxylic acids is 1. The second-order valence-corrected chi connectivity index (χ2v) is 7.18. The number of aromatic amines is 1. The summed E-state index contributed by atoms with van der Waals surface area (Å²) >= 11 is 0. The van der Waals surface area contributed by atoms with Gasteiger partial charge in [-0.1, -0.05) is 0 Å². The van der Waals surface area contributed by atoms with Crippen molar-refractivity contribution in [2.45, 2.75) is 20.0 Å². The molecule has 1 amide bonds. The zero-order chi connectivity index (χ0) is 21.6. The van der Waals surface area contributed by atoms with Gasteiger partial charge in [-0.25, -0.2) is 9.37 Å². The van der Waals surface area contributed by atoms with Gasteiger partial charge in [0.1, 0.15) is 12.5 Å². The highest BCUT2D eigenvalue weighted by Crippen LogP contribution is 2.40. The summed E-state index contributed by atoms with van der Waals surface area (Å²) in [7, 11) is 0. The number of rotatable bonds is 2. The number of nitrogens with zero attached hydrogens (tertiary/aromatic N) is 2. The average Bonchev–Trinajstić information content (AvgIpc) is 2.69. The Labute approximate surface area is 170 Å². The number of fused-ring (bicyclic) bond motifs is 1. The molecule has 3 aromatic rings. The van der Waals surface area contributed by atoms with E-state index >= 15 is 0 Å². The van der Waals surface area contributed by atoms with Crippen LogP contribution < -0.4 is 14.8 Å². The van der Waals surface area contributed by atoms with Crippen LogP contribution in [0.5, 0.6) is 0 Å². The minimum atomic E-state index is -4.58. The standard InChI is InChI=1S/C22H17F4N3O/c1-13-9-16(23)4-6-18(13)28-12-29(19-7-8-27-11-14(19)2)21(30)17-10-15(22(24,25)26)3-5-20(17)28/h3-11H,12H2,1-2H3/p+1. The highest BCUT2D eigenvalue weighted by atomic mass is 19.4. The van der Waals surface area contributed by atoms with Crippen molar-refractivity contribution < 1.29 is 27.3 Å². The van der Waals surface area contributed by atoms with Gasteiger partial charge >= 0.3 is 6.18 Å². The van der Waals surface area contributed by atoms with Crippen LogP contribution in [0.25, 0.3) is 0 Å². The number of nitrogens with one attached hydrogen (secondary N) is 1. The Morgan fingerprint density at radius 1 is 0.900 bits per heavy atom. The SMILES string of the molecule is Cc1c[nH+]ccc1N1CN(c2ccc(F)cc2C)c2ccc(C(F)(F)F)cc2C1=O. The predicted octanol–water partition coefficient (Wildman–Crippen LogP) is 5.03. The molecule has 4 rings (SSSR count). The van der Waals surface area contributed by atoms with Gasteiger partial charge in [-0.05, 0) is 55.8 Å². The number of H-pyrrole nitrogens is 1. The molecule has 0 saturated heterocycles. The topological polar surface area (TPSA) is 37.7 Å². The minimum Gasteiger partial charge on any atom is -0.322 e. The summed E-state index contributed by atoms with van der Waals surface area (Å²) in [5, 5.41) is 0. The van der Waals surface area contributed by atoms with Gasteiger partial charge in [-0.2, -0.15) is 13.2 Å². The fourth-order valence-electron chi connectivity index (χ4n) is 3.67. The van der Waals surface area contributed by atoms with E-state index in [9.17, 15) is 22.4 Å². The normalized spacial score (nSPS) is 14.1. The number of aromatic nitrogens is 1. The number of alkyl halides is 3. The van der Waals surface area contributed by atoms with Crippen LogP contribution in [0.1, 0.15) is 27.0 Å². The molecule has 0 radical (unpaired) electrons. The fourth-order valence-corrected chi connectivity index (χ4v) is 3.67. The van der Waals surface area contributed by atoms with Crippen LogP contribution in [-0.2, 0) is 6.18 Å². The molecule has 1 N–H and O–H groups in total. The van der Waals surface area contributed by atoms with Gasteiger partial charge in [-0.15, -0.1) is 0 Å². The van der Waals surface area contributed by atoms with E-state index in [1.807, 2.05) is 0 Å². The molecule has 0 spiro atoms. The van der Waals surface area contributed by atoms with Gasteiger partial charge in [0.15, 0.2) is 12.4 Å². The summed E-state index contributed by atoms with van der Waals surface area (Å²) in [5.41, 5.74) is 1.93. The summed E-state index contributed by atoms with van der Waals surface area (Å²) < 4.78 is 53.6. The summed E-state index contributed by atoms with van der Waals surface area (Å²) in [6.07, 6.45) is -1.23. The van der Waals surface area contributed by atoms with Gasteiger partial charge in [0.2, 0.25) is 0 Å². The number of carbonyl (C=O) groups is 1. The van der Waals surface area contributed by atoms with E-state index in [2.05, 4.69) is 4.98 Å². The van der Waals surface area contributed by atoms with Crippen LogP contribution in [-0.4, -0.2) is 12.6 Å². The number of halogens is 4. The lowest BCUT2D eigenvalue weighted by molar-refractivity contribution is -0.378. The predicted molar refractivity (Wildman–Crippen MR) is 104 cm³/mol. The summed E-state index contributed by atoms with van der Waals surface area (Å²) in [5.74, 6) is -0.940. The van der Waals surface area contributed by atoms with E-state index in [0.717, 1.165) is 17.7 Å². The third kappa shape index (κ3) is 3.38. The van der Waals surface area contributed by atoms with Crippen molar-refractivity contribution in [3.05, 3.63) is 82.9 Å². The van der Waals surface area contributed by atoms with Gasteiger partial charge < -0.3 is 4.90 Å². The second-order valence-electron chi connectivity index (χ2n) is 7.18. The van der Waals surface area contributed by atoms with Gasteiger partial charge in [0, 0.05) is 17.3 Å². The Morgan fingerprint density at radius 3 is 2.27 bits per heavy atom. The van der Waals surface area contributed by atoms with Crippen molar-refractivity contribution in [1.82, 2.24) is 0 Å². The summed E-state index contributed by atoms with van der Waals surface area (Å²) in [4.78, 5) is 19.3. The van der Waals surface area contributed by atoms with Crippen LogP contribution in [0.4, 0.5) is 34.6 Å². The van der Waals surface area contributed by atoms with Crippen LogP contribution in [0.3, 0.4) is 0 Å². The quantitative estimate of drug-likeness (QED) is 0.550. The van der Waals surface area contributed by atoms with Crippen molar-refractivity contribution in [1.29, 1.82) is 0 Å². The monoisotopic (exact) mass is 416 g/mol. The number of hydrogen-bond donors (Lipinski definition) is 0. The average molecular weight is 416 g/mol. The van der Waals surface area contributed by atoms with Gasteiger partial charge in [0.25, 0.3) is 5.91 Å². The summed E-state index contributed by atoms with van der Waals surface area (Å²) in [6, 6.07) is 9.02. The van der Waals surface area contributed by atoms with E-state index in [1.54, 1.807) is 43.3 Å². The lowest BCUT2D eigenvalue weighted by Gasteiger charge is -2.39. The lowest BCUT2D eigenvalue weighted by Crippen LogP contribution is -2.45. The molecule has 0 unspecified atom stereocenters. The first-order chi connectivity index (χ1) is 14.2. The Kier molecular flexibility index (Phi) is 4.72. The van der Waals surface area contributed by atoms with E-state index < -0.39 is 23.5 Å². The van der Waals surface area contributed by atoms with Crippen LogP contribution in [0, 0.1) is 19.7 Å². The zero-order valence-electron chi connectivity index (χ0n) is 16.2. The van der Waals surface area contributed by atoms with E-state index in [-0.39, 0.29) is 12.2 Å². The molecule has 1 aromatic heterocycles. The smallest absolute Gasteiger partial charge is 0.322 e. The highest BCUT2D eigenvalue weighted by Gasteiger charge is 2.37. The minimum absolute atomic E-state index is 0.0629. The molecule has 0 atom stereocenters. The van der Waals surface area contributed by atoms with E-state index in [4.69, 9.17) is 0 Å². The van der Waals surface area contributed by atoms with Crippen molar-refractivity contribution in [2.75, 3.05) is 16.5 Å². The molecule has 2 aromatic carbocycles. The first-order valence-corrected chi connectivity index (χ1v) is 9.20. The summed E-state index contributed by atoms with van der Waals surface area (Å²) in [6.45, 7) is 3.59. The lowest BCUT2D eigenvalue weighted by atomic mass is 10.0. The van der Waals surface area contributed by atoms with Crippen LogP contribution >= 0.6 is 0 Å². The number of benzene rings is 2. The highest BCUT2D eigenvalue weighted by molar-refractivity contribution is 6.13. The largest absolute Gasteiger partial charge is 0.416 e. The number of anilines is 3. The Bertz CT molecular complexity index is 1140. The first-order valence-electron chi connectivity index (χ1n) is 9.20. The number of amides is 1. The molecule has 0 aliphatic carbocycles. The molecule has 4 nitrogen and oxygen atoms in total. The first kappa shape index (κ1) is 19.9. The van der Waals surface area contributed by atoms with Crippen molar-refractivity contribution in [2.24, 2.45) is 0 Å². The van der Waals surface area contributed by atoms with Gasteiger partial charge in [-0.3, -0.25) is 9.69 Å². The molecule has 0 bridgehead atoms. The molecule has 0 saturated carbocycles. The van der Waals surface area contributed by atoms with Crippen LogP contribution in [0.2, 0.25) is 0 Å². The fraction of sp³-hybridized carbons (Fsp3) is 0.182.